The average Bonchev–Trinajstić information content (AvgIpc) is 2.51. The second-order valence-electron chi connectivity index (χ2n) is 5.88. The smallest absolute Gasteiger partial charge is 0.251 e. The van der Waals surface area contributed by atoms with E-state index in [1.807, 2.05) is 0 Å². The second kappa shape index (κ2) is 5.65. The van der Waals surface area contributed by atoms with Crippen molar-refractivity contribution in [2.24, 2.45) is 11.8 Å². The molecule has 1 aromatic rings. The molecule has 5 aliphatic rings. The van der Waals surface area contributed by atoms with E-state index in [0.717, 1.165) is 38.8 Å². The highest BCUT2D eigenvalue weighted by Crippen LogP contribution is 2.28. The molecule has 4 heteroatoms. The van der Waals surface area contributed by atoms with Gasteiger partial charge in [-0.3, -0.25) is 9.59 Å². The molecule has 0 aromatic heterocycles. The third-order valence-electron chi connectivity index (χ3n) is 4.48. The van der Waals surface area contributed by atoms with Crippen molar-refractivity contribution in [2.75, 3.05) is 13.1 Å². The molecule has 20 heavy (non-hydrogen) atoms. The standard InChI is InChI=1S/C16H20N2O2/c19-15-13-5-7-14(8-6-13)16(20)18-10-12-2-1-11(3-4-12)9-17-15/h5-8,11-12H,1-4,9-10H2,(H,17,19)(H,18,20). The quantitative estimate of drug-likeness (QED) is 0.758. The molecule has 1 saturated carbocycles. The molecule has 4 heterocycles. The average molecular weight is 272 g/mol. The van der Waals surface area contributed by atoms with Crippen molar-refractivity contribution < 1.29 is 9.59 Å². The third-order valence-corrected chi connectivity index (χ3v) is 4.48. The molecule has 1 aliphatic carbocycles. The summed E-state index contributed by atoms with van der Waals surface area (Å²) in [4.78, 5) is 24.1. The zero-order valence-corrected chi connectivity index (χ0v) is 11.5. The lowest BCUT2D eigenvalue weighted by Crippen LogP contribution is -2.35. The molecule has 4 aliphatic heterocycles. The number of hydrogen-bond acceptors (Lipinski definition) is 2. The predicted octanol–water partition coefficient (Wildman–Crippen LogP) is 1.97. The first-order valence-corrected chi connectivity index (χ1v) is 7.39. The van der Waals surface area contributed by atoms with Crippen LogP contribution in [0.2, 0.25) is 0 Å². The summed E-state index contributed by atoms with van der Waals surface area (Å²) in [5, 5.41) is 6.02. The third kappa shape index (κ3) is 2.84. The zero-order chi connectivity index (χ0) is 13.9. The number of carbonyl (C=O) groups excluding carboxylic acids is 2. The van der Waals surface area contributed by atoms with Crippen LogP contribution in [0.3, 0.4) is 0 Å². The van der Waals surface area contributed by atoms with Crippen LogP contribution in [0.15, 0.2) is 24.3 Å². The van der Waals surface area contributed by atoms with Gasteiger partial charge in [-0.05, 0) is 61.8 Å². The fourth-order valence-electron chi connectivity index (χ4n) is 3.09. The van der Waals surface area contributed by atoms with Crippen LogP contribution in [0.5, 0.6) is 0 Å². The number of hydrogen-bond donors (Lipinski definition) is 2. The predicted molar refractivity (Wildman–Crippen MR) is 76.6 cm³/mol. The lowest BCUT2D eigenvalue weighted by Gasteiger charge is -2.29. The molecule has 0 radical (unpaired) electrons. The van der Waals surface area contributed by atoms with Crippen LogP contribution >= 0.6 is 0 Å². The summed E-state index contributed by atoms with van der Waals surface area (Å²) in [6.07, 6.45) is 4.55. The molecule has 1 fully saturated rings. The Bertz CT molecular complexity index is 455. The molecule has 4 nitrogen and oxygen atoms in total. The van der Waals surface area contributed by atoms with E-state index in [-0.39, 0.29) is 11.8 Å². The van der Waals surface area contributed by atoms with Gasteiger partial charge in [0.15, 0.2) is 0 Å². The summed E-state index contributed by atoms with van der Waals surface area (Å²) in [5.41, 5.74) is 1.24. The van der Waals surface area contributed by atoms with Gasteiger partial charge < -0.3 is 10.6 Å². The largest absolute Gasteiger partial charge is 0.352 e. The molecular formula is C16H20N2O2. The number of amides is 2. The fourth-order valence-corrected chi connectivity index (χ4v) is 3.09. The van der Waals surface area contributed by atoms with Gasteiger partial charge in [-0.25, -0.2) is 0 Å². The first kappa shape index (κ1) is 13.2. The van der Waals surface area contributed by atoms with Crippen LogP contribution in [0.4, 0.5) is 0 Å². The SMILES string of the molecule is O=C1NCC2CCC(CC2)CNC(=O)c2ccc1cc2. The van der Waals surface area contributed by atoms with E-state index in [1.54, 1.807) is 24.3 Å². The van der Waals surface area contributed by atoms with Crippen LogP contribution in [0.25, 0.3) is 0 Å². The van der Waals surface area contributed by atoms with E-state index in [9.17, 15) is 9.59 Å². The van der Waals surface area contributed by atoms with Crippen molar-refractivity contribution in [1.82, 2.24) is 10.6 Å². The Kier molecular flexibility index (Phi) is 3.72. The first-order chi connectivity index (χ1) is 9.72. The van der Waals surface area contributed by atoms with Crippen LogP contribution < -0.4 is 10.6 Å². The zero-order valence-electron chi connectivity index (χ0n) is 11.5. The summed E-state index contributed by atoms with van der Waals surface area (Å²) >= 11 is 0. The van der Waals surface area contributed by atoms with Crippen molar-refractivity contribution in [3.8, 4) is 0 Å². The van der Waals surface area contributed by atoms with Gasteiger partial charge >= 0.3 is 0 Å². The molecule has 106 valence electrons. The maximum Gasteiger partial charge on any atom is 0.251 e. The van der Waals surface area contributed by atoms with E-state index in [1.165, 1.54) is 0 Å². The van der Waals surface area contributed by atoms with Gasteiger partial charge in [-0.15, -0.1) is 0 Å². The Morgan fingerprint density at radius 2 is 1.05 bits per heavy atom. The molecule has 1 aromatic carbocycles. The summed E-state index contributed by atoms with van der Waals surface area (Å²) in [6, 6.07) is 6.87. The highest BCUT2D eigenvalue weighted by atomic mass is 16.2. The summed E-state index contributed by atoms with van der Waals surface area (Å²) < 4.78 is 0. The Hall–Kier alpha value is -1.84. The van der Waals surface area contributed by atoms with Gasteiger partial charge in [0.05, 0.1) is 0 Å². The molecule has 2 amide bonds. The van der Waals surface area contributed by atoms with E-state index < -0.39 is 0 Å². The van der Waals surface area contributed by atoms with Gasteiger partial charge in [0.25, 0.3) is 11.8 Å². The number of carbonyl (C=O) groups is 2. The first-order valence-electron chi connectivity index (χ1n) is 7.39. The molecular weight excluding hydrogens is 252 g/mol. The Labute approximate surface area is 118 Å². The van der Waals surface area contributed by atoms with Crippen molar-refractivity contribution in [2.45, 2.75) is 25.7 Å². The minimum atomic E-state index is -0.0452. The van der Waals surface area contributed by atoms with Crippen LogP contribution in [0.1, 0.15) is 46.4 Å². The maximum atomic E-state index is 12.0. The minimum absolute atomic E-state index is 0.0452. The number of nitrogens with one attached hydrogen (secondary N) is 2. The highest BCUT2D eigenvalue weighted by Gasteiger charge is 2.22. The van der Waals surface area contributed by atoms with Gasteiger partial charge in [-0.1, -0.05) is 0 Å². The van der Waals surface area contributed by atoms with E-state index in [0.29, 0.717) is 23.0 Å². The Morgan fingerprint density at radius 1 is 0.700 bits per heavy atom. The van der Waals surface area contributed by atoms with Crippen molar-refractivity contribution in [3.63, 3.8) is 0 Å². The Balaban J connectivity index is 1.82. The van der Waals surface area contributed by atoms with E-state index >= 15 is 0 Å². The van der Waals surface area contributed by atoms with Gasteiger partial charge in [0, 0.05) is 24.2 Å². The Morgan fingerprint density at radius 3 is 1.40 bits per heavy atom. The van der Waals surface area contributed by atoms with Gasteiger partial charge in [0.2, 0.25) is 0 Å². The summed E-state index contributed by atoms with van der Waals surface area (Å²) in [5.74, 6) is 1.06. The van der Waals surface area contributed by atoms with Crippen molar-refractivity contribution in [1.29, 1.82) is 0 Å². The lowest BCUT2D eigenvalue weighted by atomic mass is 9.82. The topological polar surface area (TPSA) is 58.2 Å². The van der Waals surface area contributed by atoms with Crippen LogP contribution in [-0.4, -0.2) is 24.9 Å². The van der Waals surface area contributed by atoms with Crippen molar-refractivity contribution in [3.05, 3.63) is 35.4 Å². The molecule has 2 N–H and O–H groups in total. The van der Waals surface area contributed by atoms with Crippen LogP contribution in [-0.2, 0) is 0 Å². The molecule has 0 saturated heterocycles. The lowest BCUT2D eigenvalue weighted by molar-refractivity contribution is 0.0919. The molecule has 6 rings (SSSR count). The molecule has 0 atom stereocenters. The molecule has 0 spiro atoms. The highest BCUT2D eigenvalue weighted by molar-refractivity contribution is 5.97. The monoisotopic (exact) mass is 272 g/mol. The van der Waals surface area contributed by atoms with E-state index in [4.69, 9.17) is 0 Å². The minimum Gasteiger partial charge on any atom is -0.352 e. The normalized spacial score (nSPS) is 26.8. The number of rotatable bonds is 0. The van der Waals surface area contributed by atoms with Gasteiger partial charge in [0.1, 0.15) is 0 Å². The maximum absolute atomic E-state index is 12.0. The van der Waals surface area contributed by atoms with E-state index in [2.05, 4.69) is 10.6 Å². The molecule has 4 bridgehead atoms. The summed E-state index contributed by atoms with van der Waals surface area (Å²) in [7, 11) is 0. The molecule has 0 unspecified atom stereocenters. The number of benzene rings is 1. The second-order valence-corrected chi connectivity index (χ2v) is 5.88. The summed E-state index contributed by atoms with van der Waals surface area (Å²) in [6.45, 7) is 1.53. The van der Waals surface area contributed by atoms with Gasteiger partial charge in [-0.2, -0.15) is 0 Å². The van der Waals surface area contributed by atoms with Crippen LogP contribution in [0, 0.1) is 11.8 Å². The van der Waals surface area contributed by atoms with Crippen molar-refractivity contribution >= 4 is 11.8 Å². The fraction of sp³-hybridized carbons (Fsp3) is 0.500.